The SMILES string of the molecule is Cc1cccc(OCC(O)Cn2c(N=Nc3c(O)[nH]c(=O)[nH]c3=O)nc3c2c(=O)n(C)c(=O)n3C)c1. The number of hydrogen-bond donors (Lipinski definition) is 4. The number of aromatic hydroxyl groups is 1. The molecule has 1 unspecified atom stereocenters. The van der Waals surface area contributed by atoms with Crippen LogP contribution in [0.25, 0.3) is 11.2 Å². The van der Waals surface area contributed by atoms with Gasteiger partial charge in [-0.2, -0.15) is 4.98 Å². The van der Waals surface area contributed by atoms with E-state index < -0.39 is 40.2 Å². The summed E-state index contributed by atoms with van der Waals surface area (Å²) in [5.74, 6) is -0.538. The molecule has 1 atom stereocenters. The Morgan fingerprint density at radius 1 is 1.11 bits per heavy atom. The van der Waals surface area contributed by atoms with Gasteiger partial charge in [0.25, 0.3) is 17.1 Å². The number of nitrogens with zero attached hydrogens (tertiary/aromatic N) is 6. The average Bonchev–Trinajstić information content (AvgIpc) is 3.17. The zero-order chi connectivity index (χ0) is 26.1. The summed E-state index contributed by atoms with van der Waals surface area (Å²) in [4.78, 5) is 56.6. The highest BCUT2D eigenvalue weighted by molar-refractivity contribution is 5.73. The number of azo groups is 1. The predicted molar refractivity (Wildman–Crippen MR) is 126 cm³/mol. The van der Waals surface area contributed by atoms with Gasteiger partial charge in [0.1, 0.15) is 18.5 Å². The second-order valence-electron chi connectivity index (χ2n) is 7.99. The van der Waals surface area contributed by atoms with Crippen LogP contribution in [0.2, 0.25) is 0 Å². The van der Waals surface area contributed by atoms with Crippen LogP contribution in [0.4, 0.5) is 11.6 Å². The van der Waals surface area contributed by atoms with E-state index in [1.54, 1.807) is 18.2 Å². The van der Waals surface area contributed by atoms with E-state index in [1.807, 2.05) is 23.0 Å². The first-order valence-corrected chi connectivity index (χ1v) is 10.6. The molecule has 0 saturated heterocycles. The summed E-state index contributed by atoms with van der Waals surface area (Å²) in [7, 11) is 2.69. The van der Waals surface area contributed by atoms with Gasteiger partial charge in [0.15, 0.2) is 11.2 Å². The second kappa shape index (κ2) is 9.46. The Morgan fingerprint density at radius 3 is 2.56 bits per heavy atom. The van der Waals surface area contributed by atoms with Crippen molar-refractivity contribution in [1.29, 1.82) is 0 Å². The summed E-state index contributed by atoms with van der Waals surface area (Å²) >= 11 is 0. The van der Waals surface area contributed by atoms with Gasteiger partial charge < -0.3 is 14.9 Å². The van der Waals surface area contributed by atoms with Crippen molar-refractivity contribution in [3.63, 3.8) is 0 Å². The first kappa shape index (κ1) is 24.3. The van der Waals surface area contributed by atoms with Crippen LogP contribution >= 0.6 is 0 Å². The molecule has 15 nitrogen and oxygen atoms in total. The van der Waals surface area contributed by atoms with E-state index in [-0.39, 0.29) is 30.3 Å². The van der Waals surface area contributed by atoms with E-state index in [2.05, 4.69) is 15.2 Å². The lowest BCUT2D eigenvalue weighted by Crippen LogP contribution is -2.38. The summed E-state index contributed by atoms with van der Waals surface area (Å²) in [6.45, 7) is 1.51. The van der Waals surface area contributed by atoms with Crippen molar-refractivity contribution >= 4 is 22.8 Å². The van der Waals surface area contributed by atoms with Crippen LogP contribution in [0.1, 0.15) is 5.56 Å². The molecule has 4 rings (SSSR count). The molecule has 188 valence electrons. The lowest BCUT2D eigenvalue weighted by molar-refractivity contribution is 0.0937. The molecule has 4 N–H and O–H groups in total. The number of hydrogen-bond acceptors (Lipinski definition) is 10. The van der Waals surface area contributed by atoms with Gasteiger partial charge in [-0.25, -0.2) is 9.59 Å². The van der Waals surface area contributed by atoms with Crippen LogP contribution in [0.15, 0.2) is 53.7 Å². The first-order chi connectivity index (χ1) is 17.1. The molecule has 0 radical (unpaired) electrons. The largest absolute Gasteiger partial charge is 0.493 e. The fraction of sp³-hybridized carbons (Fsp3) is 0.286. The third-order valence-corrected chi connectivity index (χ3v) is 5.29. The number of aliphatic hydroxyl groups is 1. The zero-order valence-corrected chi connectivity index (χ0v) is 19.4. The van der Waals surface area contributed by atoms with Gasteiger partial charge in [-0.1, -0.05) is 12.1 Å². The normalized spacial score (nSPS) is 12.4. The van der Waals surface area contributed by atoms with E-state index in [0.29, 0.717) is 5.75 Å². The minimum atomic E-state index is -1.15. The Balaban J connectivity index is 1.77. The molecule has 0 amide bonds. The Labute approximate surface area is 200 Å². The molecule has 0 bridgehead atoms. The number of aryl methyl sites for hydroxylation is 2. The number of ether oxygens (including phenoxy) is 1. The van der Waals surface area contributed by atoms with Gasteiger partial charge in [0.05, 0.1) is 6.54 Å². The number of aliphatic hydroxyl groups excluding tert-OH is 1. The third kappa shape index (κ3) is 4.58. The van der Waals surface area contributed by atoms with Gasteiger partial charge in [-0.15, -0.1) is 10.2 Å². The van der Waals surface area contributed by atoms with Crippen LogP contribution in [0.5, 0.6) is 11.6 Å². The molecule has 0 spiro atoms. The fourth-order valence-electron chi connectivity index (χ4n) is 3.50. The second-order valence-corrected chi connectivity index (χ2v) is 7.99. The summed E-state index contributed by atoms with van der Waals surface area (Å²) in [5, 5.41) is 28.0. The highest BCUT2D eigenvalue weighted by Crippen LogP contribution is 2.23. The molecule has 3 heterocycles. The van der Waals surface area contributed by atoms with Crippen molar-refractivity contribution in [2.75, 3.05) is 6.61 Å². The quantitative estimate of drug-likeness (QED) is 0.248. The number of nitrogens with one attached hydrogen (secondary N) is 2. The number of aromatic nitrogens is 6. The Morgan fingerprint density at radius 2 is 1.86 bits per heavy atom. The minimum Gasteiger partial charge on any atom is -0.493 e. The number of benzene rings is 1. The van der Waals surface area contributed by atoms with Gasteiger partial charge in [0.2, 0.25) is 11.6 Å². The van der Waals surface area contributed by atoms with E-state index >= 15 is 0 Å². The smallest absolute Gasteiger partial charge is 0.332 e. The van der Waals surface area contributed by atoms with Crippen LogP contribution in [-0.4, -0.2) is 51.6 Å². The van der Waals surface area contributed by atoms with Crippen molar-refractivity contribution in [3.05, 3.63) is 71.5 Å². The maximum Gasteiger partial charge on any atom is 0.332 e. The molecule has 0 aliphatic carbocycles. The highest BCUT2D eigenvalue weighted by Gasteiger charge is 2.22. The lowest BCUT2D eigenvalue weighted by Gasteiger charge is -2.14. The van der Waals surface area contributed by atoms with Gasteiger partial charge in [-0.05, 0) is 24.6 Å². The molecule has 0 aliphatic heterocycles. The van der Waals surface area contributed by atoms with Crippen molar-refractivity contribution < 1.29 is 14.9 Å². The van der Waals surface area contributed by atoms with Crippen molar-refractivity contribution in [2.45, 2.75) is 19.6 Å². The van der Waals surface area contributed by atoms with Crippen molar-refractivity contribution in [3.8, 4) is 11.6 Å². The lowest BCUT2D eigenvalue weighted by atomic mass is 10.2. The molecular formula is C21H22N8O7. The molecule has 36 heavy (non-hydrogen) atoms. The fourth-order valence-corrected chi connectivity index (χ4v) is 3.50. The maximum absolute atomic E-state index is 12.9. The van der Waals surface area contributed by atoms with Crippen LogP contribution in [-0.2, 0) is 20.6 Å². The molecule has 0 saturated carbocycles. The molecule has 0 aliphatic rings. The van der Waals surface area contributed by atoms with E-state index in [4.69, 9.17) is 4.74 Å². The van der Waals surface area contributed by atoms with E-state index in [9.17, 15) is 29.4 Å². The topological polar surface area (TPSA) is 202 Å². The number of fused-ring (bicyclic) bond motifs is 1. The summed E-state index contributed by atoms with van der Waals surface area (Å²) in [5.41, 5.74) is -3.03. The monoisotopic (exact) mass is 498 g/mol. The Hall–Kier alpha value is -4.79. The third-order valence-electron chi connectivity index (χ3n) is 5.29. The number of imidazole rings is 1. The molecule has 3 aromatic heterocycles. The van der Waals surface area contributed by atoms with Crippen molar-refractivity contribution in [1.82, 2.24) is 28.7 Å². The van der Waals surface area contributed by atoms with E-state index in [1.165, 1.54) is 18.7 Å². The van der Waals surface area contributed by atoms with Crippen molar-refractivity contribution in [2.24, 2.45) is 24.3 Å². The number of H-pyrrole nitrogens is 2. The molecule has 1 aromatic carbocycles. The molecule has 4 aromatic rings. The van der Waals surface area contributed by atoms with Gasteiger partial charge >= 0.3 is 11.4 Å². The van der Waals surface area contributed by atoms with Gasteiger partial charge in [-0.3, -0.25) is 33.3 Å². The number of rotatable bonds is 7. The minimum absolute atomic E-state index is 0.0385. The Kier molecular flexibility index (Phi) is 6.39. The van der Waals surface area contributed by atoms with Gasteiger partial charge in [0, 0.05) is 14.1 Å². The Bertz CT molecular complexity index is 1720. The standard InChI is InChI=1S/C21H22N8O7/c1-10-5-4-6-12(7-10)36-9-11(30)8-29-14-15(27(2)21(35)28(3)18(14)33)22-19(29)26-25-13-16(31)23-20(34)24-17(13)32/h4-7,11,30H,8-9H2,1-3H3,(H3,23,24,31,32,34). The van der Waals surface area contributed by atoms with Crippen LogP contribution in [0.3, 0.4) is 0 Å². The summed E-state index contributed by atoms with van der Waals surface area (Å²) in [6, 6.07) is 7.21. The maximum atomic E-state index is 12.9. The average molecular weight is 498 g/mol. The molecular weight excluding hydrogens is 476 g/mol. The molecule has 15 heteroatoms. The highest BCUT2D eigenvalue weighted by atomic mass is 16.5. The molecule has 0 fully saturated rings. The summed E-state index contributed by atoms with van der Waals surface area (Å²) < 4.78 is 8.84. The number of aromatic amines is 2. The summed E-state index contributed by atoms with van der Waals surface area (Å²) in [6.07, 6.45) is -1.15. The zero-order valence-electron chi connectivity index (χ0n) is 19.4. The predicted octanol–water partition coefficient (Wildman–Crippen LogP) is -0.320. The van der Waals surface area contributed by atoms with Crippen LogP contribution < -0.4 is 27.2 Å². The first-order valence-electron chi connectivity index (χ1n) is 10.6. The van der Waals surface area contributed by atoms with E-state index in [0.717, 1.165) is 14.7 Å². The van der Waals surface area contributed by atoms with Crippen LogP contribution in [0, 0.1) is 6.92 Å².